The molecule has 2 N–H and O–H groups in total. The number of nitrogens with one attached hydrogen (secondary N) is 2. The van der Waals surface area contributed by atoms with Crippen molar-refractivity contribution >= 4 is 5.91 Å². The van der Waals surface area contributed by atoms with Gasteiger partial charge in [-0.05, 0) is 43.5 Å². The Morgan fingerprint density at radius 1 is 1.45 bits per heavy atom. The van der Waals surface area contributed by atoms with Gasteiger partial charge in [0.15, 0.2) is 17.7 Å². The quantitative estimate of drug-likeness (QED) is 0.867. The van der Waals surface area contributed by atoms with Crippen molar-refractivity contribution in [3.05, 3.63) is 29.6 Å². The highest BCUT2D eigenvalue weighted by atomic mass is 19.1. The van der Waals surface area contributed by atoms with E-state index in [-0.39, 0.29) is 11.7 Å². The lowest BCUT2D eigenvalue weighted by Gasteiger charge is -2.16. The SMILES string of the molecule is CCNCc1ccc(OC2CCCCNC2=O)c(F)c1. The highest BCUT2D eigenvalue weighted by Gasteiger charge is 2.23. The number of halogens is 1. The summed E-state index contributed by atoms with van der Waals surface area (Å²) in [5.74, 6) is -0.427. The Morgan fingerprint density at radius 2 is 2.30 bits per heavy atom. The summed E-state index contributed by atoms with van der Waals surface area (Å²) in [7, 11) is 0. The van der Waals surface area contributed by atoms with Gasteiger partial charge >= 0.3 is 0 Å². The molecule has 1 fully saturated rings. The fraction of sp³-hybridized carbons (Fsp3) is 0.533. The lowest BCUT2D eigenvalue weighted by atomic mass is 10.1. The summed E-state index contributed by atoms with van der Waals surface area (Å²) in [6.45, 7) is 4.13. The number of rotatable bonds is 5. The van der Waals surface area contributed by atoms with E-state index in [2.05, 4.69) is 10.6 Å². The highest BCUT2D eigenvalue weighted by Crippen LogP contribution is 2.21. The Labute approximate surface area is 118 Å². The van der Waals surface area contributed by atoms with Gasteiger partial charge in [-0.1, -0.05) is 13.0 Å². The Kier molecular flexibility index (Phi) is 5.35. The predicted octanol–water partition coefficient (Wildman–Crippen LogP) is 1.98. The van der Waals surface area contributed by atoms with Crippen LogP contribution in [0.5, 0.6) is 5.75 Å². The zero-order chi connectivity index (χ0) is 14.4. The van der Waals surface area contributed by atoms with Gasteiger partial charge in [0.25, 0.3) is 5.91 Å². The van der Waals surface area contributed by atoms with E-state index in [1.807, 2.05) is 13.0 Å². The number of amides is 1. The summed E-state index contributed by atoms with van der Waals surface area (Å²) in [4.78, 5) is 11.8. The van der Waals surface area contributed by atoms with E-state index in [1.54, 1.807) is 6.07 Å². The molecule has 2 rings (SSSR count). The maximum absolute atomic E-state index is 14.0. The molecule has 1 aliphatic heterocycles. The fourth-order valence-corrected chi connectivity index (χ4v) is 2.20. The molecule has 1 aromatic carbocycles. The predicted molar refractivity (Wildman–Crippen MR) is 75.1 cm³/mol. The van der Waals surface area contributed by atoms with Crippen LogP contribution in [0.25, 0.3) is 0 Å². The van der Waals surface area contributed by atoms with Gasteiger partial charge in [0, 0.05) is 13.1 Å². The van der Waals surface area contributed by atoms with E-state index in [4.69, 9.17) is 4.74 Å². The van der Waals surface area contributed by atoms with Crippen LogP contribution in [0, 0.1) is 5.82 Å². The van der Waals surface area contributed by atoms with Crippen LogP contribution in [-0.4, -0.2) is 25.1 Å². The Morgan fingerprint density at radius 3 is 3.05 bits per heavy atom. The first-order chi connectivity index (χ1) is 9.70. The molecule has 1 heterocycles. The number of hydrogen-bond donors (Lipinski definition) is 2. The number of carbonyl (C=O) groups is 1. The zero-order valence-corrected chi connectivity index (χ0v) is 11.7. The third kappa shape index (κ3) is 3.93. The second-order valence-electron chi connectivity index (χ2n) is 4.94. The van der Waals surface area contributed by atoms with Crippen molar-refractivity contribution in [2.24, 2.45) is 0 Å². The van der Waals surface area contributed by atoms with Gasteiger partial charge in [0.1, 0.15) is 0 Å². The van der Waals surface area contributed by atoms with Gasteiger partial charge in [0.05, 0.1) is 0 Å². The first kappa shape index (κ1) is 14.8. The monoisotopic (exact) mass is 280 g/mol. The Hall–Kier alpha value is -1.62. The van der Waals surface area contributed by atoms with E-state index < -0.39 is 11.9 Å². The van der Waals surface area contributed by atoms with Crippen molar-refractivity contribution < 1.29 is 13.9 Å². The van der Waals surface area contributed by atoms with Crippen molar-refractivity contribution in [3.8, 4) is 5.75 Å². The molecular formula is C15H21FN2O2. The second kappa shape index (κ2) is 7.24. The van der Waals surface area contributed by atoms with Gasteiger partial charge in [-0.3, -0.25) is 4.79 Å². The van der Waals surface area contributed by atoms with Crippen molar-refractivity contribution in [1.29, 1.82) is 0 Å². The molecule has 1 aliphatic rings. The minimum absolute atomic E-state index is 0.146. The third-order valence-electron chi connectivity index (χ3n) is 3.33. The smallest absolute Gasteiger partial charge is 0.261 e. The molecule has 1 amide bonds. The second-order valence-corrected chi connectivity index (χ2v) is 4.94. The Bertz CT molecular complexity index is 465. The maximum Gasteiger partial charge on any atom is 0.261 e. The van der Waals surface area contributed by atoms with Crippen LogP contribution in [0.2, 0.25) is 0 Å². The minimum atomic E-state index is -0.591. The van der Waals surface area contributed by atoms with Crippen LogP contribution in [-0.2, 0) is 11.3 Å². The molecule has 0 spiro atoms. The van der Waals surface area contributed by atoms with Crippen molar-refractivity contribution in [2.45, 2.75) is 38.8 Å². The van der Waals surface area contributed by atoms with E-state index in [1.165, 1.54) is 6.07 Å². The van der Waals surface area contributed by atoms with Gasteiger partial charge < -0.3 is 15.4 Å². The van der Waals surface area contributed by atoms with E-state index in [0.717, 1.165) is 24.9 Å². The summed E-state index contributed by atoms with van der Waals surface area (Å²) in [5.41, 5.74) is 0.863. The highest BCUT2D eigenvalue weighted by molar-refractivity contribution is 5.81. The average Bonchev–Trinajstić information content (AvgIpc) is 2.64. The third-order valence-corrected chi connectivity index (χ3v) is 3.33. The summed E-state index contributed by atoms with van der Waals surface area (Å²) in [5, 5.41) is 5.91. The van der Waals surface area contributed by atoms with E-state index in [9.17, 15) is 9.18 Å². The minimum Gasteiger partial charge on any atom is -0.478 e. The molecule has 0 saturated carbocycles. The average molecular weight is 280 g/mol. The van der Waals surface area contributed by atoms with Crippen LogP contribution in [0.1, 0.15) is 31.7 Å². The largest absolute Gasteiger partial charge is 0.478 e. The lowest BCUT2D eigenvalue weighted by Crippen LogP contribution is -2.36. The van der Waals surface area contributed by atoms with Gasteiger partial charge in [-0.25, -0.2) is 4.39 Å². The van der Waals surface area contributed by atoms with E-state index in [0.29, 0.717) is 19.5 Å². The molecule has 1 saturated heterocycles. The lowest BCUT2D eigenvalue weighted by molar-refractivity contribution is -0.127. The molecular weight excluding hydrogens is 259 g/mol. The summed E-state index contributed by atoms with van der Waals surface area (Å²) in [6.07, 6.45) is 1.88. The van der Waals surface area contributed by atoms with Crippen LogP contribution < -0.4 is 15.4 Å². The molecule has 0 bridgehead atoms. The molecule has 1 unspecified atom stereocenters. The molecule has 110 valence electrons. The number of ether oxygens (including phenoxy) is 1. The molecule has 0 radical (unpaired) electrons. The molecule has 4 nitrogen and oxygen atoms in total. The normalized spacial score (nSPS) is 19.3. The first-order valence-corrected chi connectivity index (χ1v) is 7.14. The number of hydrogen-bond acceptors (Lipinski definition) is 3. The summed E-state index contributed by atoms with van der Waals surface area (Å²) >= 11 is 0. The van der Waals surface area contributed by atoms with Crippen LogP contribution in [0.15, 0.2) is 18.2 Å². The maximum atomic E-state index is 14.0. The van der Waals surface area contributed by atoms with Crippen LogP contribution in [0.3, 0.4) is 0 Å². The fourth-order valence-electron chi connectivity index (χ4n) is 2.20. The van der Waals surface area contributed by atoms with Crippen LogP contribution >= 0.6 is 0 Å². The standard InChI is InChI=1S/C15H21FN2O2/c1-2-17-10-11-6-7-13(12(16)9-11)20-14-5-3-4-8-18-15(14)19/h6-7,9,14,17H,2-5,8,10H2,1H3,(H,18,19). The molecule has 5 heteroatoms. The molecule has 1 atom stereocenters. The summed E-state index contributed by atoms with van der Waals surface area (Å²) in [6, 6.07) is 4.86. The number of carbonyl (C=O) groups excluding carboxylic acids is 1. The molecule has 20 heavy (non-hydrogen) atoms. The van der Waals surface area contributed by atoms with Crippen LogP contribution in [0.4, 0.5) is 4.39 Å². The van der Waals surface area contributed by atoms with E-state index >= 15 is 0 Å². The van der Waals surface area contributed by atoms with Crippen molar-refractivity contribution in [2.75, 3.05) is 13.1 Å². The summed E-state index contributed by atoms with van der Waals surface area (Å²) < 4.78 is 19.5. The molecule has 0 aromatic heterocycles. The Balaban J connectivity index is 2.03. The molecule has 1 aromatic rings. The number of benzene rings is 1. The van der Waals surface area contributed by atoms with Gasteiger partial charge in [-0.2, -0.15) is 0 Å². The topological polar surface area (TPSA) is 50.4 Å². The molecule has 0 aliphatic carbocycles. The van der Waals surface area contributed by atoms with Crippen molar-refractivity contribution in [3.63, 3.8) is 0 Å². The zero-order valence-electron chi connectivity index (χ0n) is 11.7. The first-order valence-electron chi connectivity index (χ1n) is 7.14. The van der Waals surface area contributed by atoms with Gasteiger partial charge in [0.2, 0.25) is 0 Å². The van der Waals surface area contributed by atoms with Crippen molar-refractivity contribution in [1.82, 2.24) is 10.6 Å². The van der Waals surface area contributed by atoms with Gasteiger partial charge in [-0.15, -0.1) is 0 Å².